The van der Waals surface area contributed by atoms with E-state index in [1.165, 1.54) is 0 Å². The van der Waals surface area contributed by atoms with Crippen LogP contribution in [0, 0.1) is 17.9 Å². The third kappa shape index (κ3) is 7.20. The van der Waals surface area contributed by atoms with Crippen molar-refractivity contribution in [2.75, 3.05) is 6.54 Å². The minimum atomic E-state index is 0.0730. The van der Waals surface area contributed by atoms with E-state index in [1.54, 1.807) is 0 Å². The lowest BCUT2D eigenvalue weighted by molar-refractivity contribution is -0.123. The number of hydrogen-bond acceptors (Lipinski definition) is 2. The summed E-state index contributed by atoms with van der Waals surface area (Å²) in [5.41, 5.74) is 5.00. The smallest absolute Gasteiger partial charge is 0.222 e. The van der Waals surface area contributed by atoms with E-state index in [1.807, 2.05) is 13.8 Å². The Kier molecular flexibility index (Phi) is 6.80. The Hall–Kier alpha value is -1.17. The Labute approximate surface area is 80.1 Å². The maximum atomic E-state index is 11.1. The summed E-state index contributed by atoms with van der Waals surface area (Å²) < 4.78 is 0. The number of rotatable bonds is 5. The van der Waals surface area contributed by atoms with Crippen LogP contribution in [0.1, 0.15) is 33.1 Å². The second kappa shape index (κ2) is 7.48. The average molecular weight is 182 g/mol. The largest absolute Gasteiger partial charge is 0.359 e. The predicted octanol–water partition coefficient (Wildman–Crippen LogP) is 0.848. The summed E-state index contributed by atoms with van der Waals surface area (Å²) in [7, 11) is 0. The van der Waals surface area contributed by atoms with Crippen LogP contribution < -0.4 is 11.1 Å². The van der Waals surface area contributed by atoms with Crippen molar-refractivity contribution < 1.29 is 4.79 Å². The molecule has 0 bridgehead atoms. The molecule has 74 valence electrons. The van der Waals surface area contributed by atoms with E-state index in [2.05, 4.69) is 17.3 Å². The van der Waals surface area contributed by atoms with Crippen LogP contribution in [0.3, 0.4) is 0 Å². The molecule has 3 heteroatoms. The number of carbonyl (C=O) groups is 1. The maximum absolute atomic E-state index is 11.1. The molecule has 0 heterocycles. The minimum absolute atomic E-state index is 0.0730. The van der Waals surface area contributed by atoms with Gasteiger partial charge in [-0.1, -0.05) is 19.8 Å². The van der Waals surface area contributed by atoms with Crippen molar-refractivity contribution in [3.05, 3.63) is 0 Å². The van der Waals surface area contributed by atoms with E-state index in [0.717, 1.165) is 25.8 Å². The first-order chi connectivity index (χ1) is 6.18. The first-order valence-electron chi connectivity index (χ1n) is 4.64. The van der Waals surface area contributed by atoms with Crippen molar-refractivity contribution in [2.45, 2.75) is 33.1 Å². The zero-order valence-corrected chi connectivity index (χ0v) is 8.39. The van der Waals surface area contributed by atoms with Crippen molar-refractivity contribution in [2.24, 2.45) is 11.7 Å². The number of carbonyl (C=O) groups excluding carboxylic acids is 1. The molecular formula is C10H18N2O. The molecule has 0 aliphatic rings. The molecule has 3 N–H and O–H groups in total. The van der Waals surface area contributed by atoms with Gasteiger partial charge in [-0.25, -0.2) is 0 Å². The number of nitrogens with two attached hydrogens (primary N) is 1. The molecule has 0 spiro atoms. The molecule has 13 heavy (non-hydrogen) atoms. The summed E-state index contributed by atoms with van der Waals surface area (Å²) in [5.74, 6) is 2.96. The van der Waals surface area contributed by atoms with Crippen LogP contribution >= 0.6 is 0 Å². The standard InChI is InChI=1S/C10H18N2O/c1-9(2)10(13)12-8-6-4-3-5-7-11/h9H,3-4,6,8,11H2,1-2H3,(H,12,13). The molecule has 0 saturated heterocycles. The molecule has 0 aliphatic carbocycles. The highest BCUT2D eigenvalue weighted by molar-refractivity contribution is 5.77. The zero-order chi connectivity index (χ0) is 10.1. The summed E-state index contributed by atoms with van der Waals surface area (Å²) in [6.45, 7) is 4.51. The van der Waals surface area contributed by atoms with Crippen molar-refractivity contribution >= 4 is 5.91 Å². The topological polar surface area (TPSA) is 55.1 Å². The van der Waals surface area contributed by atoms with Crippen LogP contribution in [-0.4, -0.2) is 12.5 Å². The zero-order valence-electron chi connectivity index (χ0n) is 8.39. The van der Waals surface area contributed by atoms with Crippen molar-refractivity contribution in [1.29, 1.82) is 0 Å². The van der Waals surface area contributed by atoms with Crippen LogP contribution in [0.5, 0.6) is 0 Å². The third-order valence-corrected chi connectivity index (χ3v) is 1.65. The highest BCUT2D eigenvalue weighted by atomic mass is 16.1. The lowest BCUT2D eigenvalue weighted by atomic mass is 10.2. The fourth-order valence-corrected chi connectivity index (χ4v) is 0.826. The number of nitrogens with one attached hydrogen (secondary N) is 1. The van der Waals surface area contributed by atoms with Gasteiger partial charge in [0.1, 0.15) is 0 Å². The summed E-state index contributed by atoms with van der Waals surface area (Å²) >= 11 is 0. The summed E-state index contributed by atoms with van der Waals surface area (Å²) in [4.78, 5) is 11.1. The van der Waals surface area contributed by atoms with E-state index < -0.39 is 0 Å². The monoisotopic (exact) mass is 182 g/mol. The molecular weight excluding hydrogens is 164 g/mol. The summed E-state index contributed by atoms with van der Waals surface area (Å²) in [5, 5.41) is 2.84. The minimum Gasteiger partial charge on any atom is -0.359 e. The van der Waals surface area contributed by atoms with Crippen molar-refractivity contribution in [3.63, 3.8) is 0 Å². The molecule has 0 rings (SSSR count). The predicted molar refractivity (Wildman–Crippen MR) is 53.7 cm³/mol. The molecule has 3 nitrogen and oxygen atoms in total. The number of amides is 1. The Bertz CT molecular complexity index is 201. The second-order valence-corrected chi connectivity index (χ2v) is 3.22. The van der Waals surface area contributed by atoms with Gasteiger partial charge < -0.3 is 11.1 Å². The van der Waals surface area contributed by atoms with Gasteiger partial charge in [0.2, 0.25) is 5.91 Å². The van der Waals surface area contributed by atoms with Crippen LogP contribution in [0.15, 0.2) is 0 Å². The van der Waals surface area contributed by atoms with Gasteiger partial charge in [0.05, 0.1) is 0 Å². The lowest BCUT2D eigenvalue weighted by Crippen LogP contribution is -2.28. The van der Waals surface area contributed by atoms with E-state index in [9.17, 15) is 4.79 Å². The molecule has 1 amide bonds. The molecule has 0 atom stereocenters. The van der Waals surface area contributed by atoms with Gasteiger partial charge in [0.25, 0.3) is 0 Å². The molecule has 0 aromatic heterocycles. The molecule has 0 aliphatic heterocycles. The molecule has 0 unspecified atom stereocenters. The SMILES string of the molecule is CC(C)C(=O)NCCCCC#CN. The highest BCUT2D eigenvalue weighted by Crippen LogP contribution is 1.94. The fourth-order valence-electron chi connectivity index (χ4n) is 0.826. The molecule has 0 aromatic rings. The Morgan fingerprint density at radius 1 is 1.46 bits per heavy atom. The molecule has 0 aromatic carbocycles. The summed E-state index contributed by atoms with van der Waals surface area (Å²) in [6.07, 6.45) is 2.77. The van der Waals surface area contributed by atoms with Gasteiger partial charge in [0.15, 0.2) is 0 Å². The maximum Gasteiger partial charge on any atom is 0.222 e. The van der Waals surface area contributed by atoms with E-state index >= 15 is 0 Å². The van der Waals surface area contributed by atoms with Crippen molar-refractivity contribution in [1.82, 2.24) is 5.32 Å². The first-order valence-corrected chi connectivity index (χ1v) is 4.64. The molecule has 0 radical (unpaired) electrons. The Balaban J connectivity index is 3.24. The van der Waals surface area contributed by atoms with Crippen LogP contribution in [0.4, 0.5) is 0 Å². The van der Waals surface area contributed by atoms with Crippen LogP contribution in [0.2, 0.25) is 0 Å². The van der Waals surface area contributed by atoms with Gasteiger partial charge in [-0.3, -0.25) is 4.79 Å². The van der Waals surface area contributed by atoms with Crippen molar-refractivity contribution in [3.8, 4) is 12.0 Å². The fraction of sp³-hybridized carbons (Fsp3) is 0.700. The number of hydrogen-bond donors (Lipinski definition) is 2. The van der Waals surface area contributed by atoms with Crippen LogP contribution in [0.25, 0.3) is 0 Å². The second-order valence-electron chi connectivity index (χ2n) is 3.22. The van der Waals surface area contributed by atoms with Gasteiger partial charge in [0, 0.05) is 24.9 Å². The first kappa shape index (κ1) is 11.8. The van der Waals surface area contributed by atoms with E-state index in [0.29, 0.717) is 0 Å². The van der Waals surface area contributed by atoms with E-state index in [-0.39, 0.29) is 11.8 Å². The van der Waals surface area contributed by atoms with Crippen LogP contribution in [-0.2, 0) is 4.79 Å². The number of unbranched alkanes of at least 4 members (excludes halogenated alkanes) is 2. The quantitative estimate of drug-likeness (QED) is 0.376. The average Bonchev–Trinajstić information content (AvgIpc) is 2.10. The van der Waals surface area contributed by atoms with Gasteiger partial charge in [-0.15, -0.1) is 0 Å². The third-order valence-electron chi connectivity index (χ3n) is 1.65. The van der Waals surface area contributed by atoms with E-state index in [4.69, 9.17) is 5.73 Å². The normalized spacial score (nSPS) is 9.15. The molecule has 0 saturated carbocycles. The van der Waals surface area contributed by atoms with Gasteiger partial charge >= 0.3 is 0 Å². The van der Waals surface area contributed by atoms with Gasteiger partial charge in [-0.05, 0) is 12.8 Å². The summed E-state index contributed by atoms with van der Waals surface area (Å²) in [6, 6.07) is 2.35. The lowest BCUT2D eigenvalue weighted by Gasteiger charge is -2.06. The Morgan fingerprint density at radius 2 is 2.15 bits per heavy atom. The highest BCUT2D eigenvalue weighted by Gasteiger charge is 2.03. The Morgan fingerprint density at radius 3 is 2.69 bits per heavy atom. The van der Waals surface area contributed by atoms with Gasteiger partial charge in [-0.2, -0.15) is 0 Å². The molecule has 0 fully saturated rings.